The summed E-state index contributed by atoms with van der Waals surface area (Å²) in [4.78, 5) is 6.99. The van der Waals surface area contributed by atoms with Crippen molar-refractivity contribution in [2.75, 3.05) is 13.1 Å². The Balaban J connectivity index is 1.41. The van der Waals surface area contributed by atoms with Crippen molar-refractivity contribution in [3.8, 4) is 0 Å². The van der Waals surface area contributed by atoms with Crippen LogP contribution in [0.3, 0.4) is 0 Å². The average Bonchev–Trinajstić information content (AvgIpc) is 3.07. The molecule has 6 heteroatoms. The molecule has 1 aliphatic heterocycles. The molecule has 0 N–H and O–H groups in total. The monoisotopic (exact) mass is 288 g/mol. The van der Waals surface area contributed by atoms with Gasteiger partial charge >= 0.3 is 0 Å². The van der Waals surface area contributed by atoms with Crippen LogP contribution in [0.2, 0.25) is 0 Å². The highest BCUT2D eigenvalue weighted by Crippen LogP contribution is 2.39. The zero-order valence-electron chi connectivity index (χ0n) is 12.3. The maximum Gasteiger partial charge on any atom is 0.229 e. The zero-order chi connectivity index (χ0) is 14.2. The summed E-state index contributed by atoms with van der Waals surface area (Å²) in [6.45, 7) is 4.81. The van der Waals surface area contributed by atoms with Crippen LogP contribution in [-0.4, -0.2) is 33.3 Å². The summed E-state index contributed by atoms with van der Waals surface area (Å²) < 4.78 is 10.7. The highest BCUT2D eigenvalue weighted by Gasteiger charge is 2.32. The van der Waals surface area contributed by atoms with Crippen molar-refractivity contribution in [2.45, 2.75) is 51.0 Å². The fraction of sp³-hybridized carbons (Fsp3) is 0.667. The molecule has 21 heavy (non-hydrogen) atoms. The predicted molar refractivity (Wildman–Crippen MR) is 74.8 cm³/mol. The van der Waals surface area contributed by atoms with Crippen LogP contribution < -0.4 is 0 Å². The third-order valence-electron chi connectivity index (χ3n) is 4.31. The average molecular weight is 288 g/mol. The van der Waals surface area contributed by atoms with Gasteiger partial charge in [-0.1, -0.05) is 10.3 Å². The molecule has 0 amide bonds. The predicted octanol–water partition coefficient (Wildman–Crippen LogP) is 2.62. The third-order valence-corrected chi connectivity index (χ3v) is 4.31. The fourth-order valence-electron chi connectivity index (χ4n) is 3.03. The van der Waals surface area contributed by atoms with Gasteiger partial charge in [-0.05, 0) is 39.2 Å². The van der Waals surface area contributed by atoms with Gasteiger partial charge < -0.3 is 9.05 Å². The molecule has 0 bridgehead atoms. The maximum absolute atomic E-state index is 5.39. The second kappa shape index (κ2) is 5.26. The van der Waals surface area contributed by atoms with Gasteiger partial charge in [0.2, 0.25) is 5.89 Å². The Morgan fingerprint density at radius 2 is 2.10 bits per heavy atom. The van der Waals surface area contributed by atoms with Crippen molar-refractivity contribution in [3.63, 3.8) is 0 Å². The first kappa shape index (κ1) is 13.0. The van der Waals surface area contributed by atoms with E-state index < -0.39 is 0 Å². The van der Waals surface area contributed by atoms with Crippen LogP contribution in [0, 0.1) is 6.92 Å². The lowest BCUT2D eigenvalue weighted by Crippen LogP contribution is -2.34. The Hall–Kier alpha value is -1.69. The van der Waals surface area contributed by atoms with Crippen LogP contribution in [0.1, 0.15) is 60.7 Å². The summed E-state index contributed by atoms with van der Waals surface area (Å²) in [5, 5.41) is 8.15. The molecule has 0 unspecified atom stereocenters. The molecule has 2 aliphatic rings. The maximum atomic E-state index is 5.39. The van der Waals surface area contributed by atoms with Gasteiger partial charge in [-0.15, -0.1) is 0 Å². The molecule has 1 aliphatic carbocycles. The summed E-state index contributed by atoms with van der Waals surface area (Å²) in [6.07, 6.45) is 4.69. The second-order valence-corrected chi connectivity index (χ2v) is 6.27. The number of piperidine rings is 1. The summed E-state index contributed by atoms with van der Waals surface area (Å²) in [5.41, 5.74) is 0.936. The molecule has 4 rings (SSSR count). The normalized spacial score (nSPS) is 23.6. The van der Waals surface area contributed by atoms with E-state index >= 15 is 0 Å². The van der Waals surface area contributed by atoms with Crippen molar-refractivity contribution < 1.29 is 9.05 Å². The Bertz CT molecular complexity index is 617. The van der Waals surface area contributed by atoms with E-state index in [-0.39, 0.29) is 0 Å². The Labute approximate surface area is 123 Å². The molecule has 2 aromatic heterocycles. The first-order chi connectivity index (χ1) is 10.3. The van der Waals surface area contributed by atoms with Gasteiger partial charge in [0, 0.05) is 24.4 Å². The second-order valence-electron chi connectivity index (χ2n) is 6.27. The van der Waals surface area contributed by atoms with Crippen LogP contribution in [0.15, 0.2) is 15.1 Å². The zero-order valence-corrected chi connectivity index (χ0v) is 12.3. The molecule has 0 spiro atoms. The molecular formula is C15H20N4O2. The molecule has 0 aromatic carbocycles. The number of hydrogen-bond acceptors (Lipinski definition) is 6. The van der Waals surface area contributed by atoms with Gasteiger partial charge in [-0.3, -0.25) is 4.90 Å². The molecule has 6 nitrogen and oxygen atoms in total. The summed E-state index contributed by atoms with van der Waals surface area (Å²) in [5.74, 6) is 3.56. The molecule has 1 saturated carbocycles. The highest BCUT2D eigenvalue weighted by molar-refractivity contribution is 5.07. The molecule has 2 aromatic rings. The number of nitrogens with zero attached hydrogens (tertiary/aromatic N) is 4. The largest absolute Gasteiger partial charge is 0.360 e. The number of aromatic nitrogens is 3. The third kappa shape index (κ3) is 2.85. The van der Waals surface area contributed by atoms with Crippen LogP contribution in [-0.2, 0) is 6.54 Å². The summed E-state index contributed by atoms with van der Waals surface area (Å²) in [6, 6.07) is 2.00. The highest BCUT2D eigenvalue weighted by atomic mass is 16.5. The summed E-state index contributed by atoms with van der Waals surface area (Å²) in [7, 11) is 0. The van der Waals surface area contributed by atoms with Crippen LogP contribution in [0.4, 0.5) is 0 Å². The molecule has 1 atom stereocenters. The Morgan fingerprint density at radius 1 is 1.19 bits per heavy atom. The van der Waals surface area contributed by atoms with Crippen LogP contribution >= 0.6 is 0 Å². The topological polar surface area (TPSA) is 68.2 Å². The van der Waals surface area contributed by atoms with Gasteiger partial charge in [0.25, 0.3) is 0 Å². The lowest BCUT2D eigenvalue weighted by Gasteiger charge is -2.30. The van der Waals surface area contributed by atoms with Crippen molar-refractivity contribution in [1.82, 2.24) is 20.2 Å². The van der Waals surface area contributed by atoms with E-state index in [4.69, 9.17) is 9.05 Å². The first-order valence-corrected chi connectivity index (χ1v) is 7.76. The van der Waals surface area contributed by atoms with Gasteiger partial charge in [0.15, 0.2) is 11.6 Å². The van der Waals surface area contributed by atoms with Gasteiger partial charge in [-0.25, -0.2) is 0 Å². The lowest BCUT2D eigenvalue weighted by molar-refractivity contribution is 0.176. The number of hydrogen-bond donors (Lipinski definition) is 0. The van der Waals surface area contributed by atoms with E-state index in [0.29, 0.717) is 11.8 Å². The number of rotatable bonds is 4. The molecule has 0 radical (unpaired) electrons. The molecular weight excluding hydrogens is 268 g/mol. The minimum Gasteiger partial charge on any atom is -0.360 e. The quantitative estimate of drug-likeness (QED) is 0.861. The molecule has 1 saturated heterocycles. The molecule has 2 fully saturated rings. The SMILES string of the molecule is Cc1cc(CN2CCC[C@H](c3noc(C4CC4)n3)C2)on1. The van der Waals surface area contributed by atoms with Crippen molar-refractivity contribution in [3.05, 3.63) is 29.2 Å². The molecule has 112 valence electrons. The standard InChI is InChI=1S/C15H20N4O2/c1-10-7-13(20-17-10)9-19-6-2-3-12(8-19)14-16-15(21-18-14)11-4-5-11/h7,11-12H,2-6,8-9H2,1H3/t12-/m0/s1. The van der Waals surface area contributed by atoms with E-state index in [2.05, 4.69) is 20.2 Å². The number of aryl methyl sites for hydroxylation is 1. The first-order valence-electron chi connectivity index (χ1n) is 7.76. The smallest absolute Gasteiger partial charge is 0.229 e. The Morgan fingerprint density at radius 3 is 2.86 bits per heavy atom. The van der Waals surface area contributed by atoms with Crippen molar-refractivity contribution >= 4 is 0 Å². The minimum atomic E-state index is 0.374. The van der Waals surface area contributed by atoms with Gasteiger partial charge in [0.05, 0.1) is 12.2 Å². The van der Waals surface area contributed by atoms with E-state index in [0.717, 1.165) is 55.6 Å². The van der Waals surface area contributed by atoms with Gasteiger partial charge in [-0.2, -0.15) is 4.98 Å². The van der Waals surface area contributed by atoms with Gasteiger partial charge in [0.1, 0.15) is 0 Å². The van der Waals surface area contributed by atoms with Crippen LogP contribution in [0.25, 0.3) is 0 Å². The Kier molecular flexibility index (Phi) is 3.25. The van der Waals surface area contributed by atoms with Crippen molar-refractivity contribution in [2.24, 2.45) is 0 Å². The lowest BCUT2D eigenvalue weighted by atomic mass is 9.97. The minimum absolute atomic E-state index is 0.374. The summed E-state index contributed by atoms with van der Waals surface area (Å²) >= 11 is 0. The number of likely N-dealkylation sites (tertiary alicyclic amines) is 1. The van der Waals surface area contributed by atoms with E-state index in [1.807, 2.05) is 13.0 Å². The van der Waals surface area contributed by atoms with E-state index in [9.17, 15) is 0 Å². The van der Waals surface area contributed by atoms with Crippen molar-refractivity contribution in [1.29, 1.82) is 0 Å². The van der Waals surface area contributed by atoms with E-state index in [1.165, 1.54) is 12.8 Å². The van der Waals surface area contributed by atoms with Crippen LogP contribution in [0.5, 0.6) is 0 Å². The fourth-order valence-corrected chi connectivity index (χ4v) is 3.03. The van der Waals surface area contributed by atoms with E-state index in [1.54, 1.807) is 0 Å². The molecule has 3 heterocycles.